The van der Waals surface area contributed by atoms with Crippen LogP contribution >= 0.6 is 0 Å². The standard InChI is InChI=1S/C12H20FN3O/c1-4-9(7-5-6-8-14)10-15-11(17-16-10)12(2,3)13/h4,9H,1,5-8,14H2,2-3H3. The molecule has 0 saturated carbocycles. The van der Waals surface area contributed by atoms with E-state index >= 15 is 0 Å². The van der Waals surface area contributed by atoms with Gasteiger partial charge in [0.05, 0.1) is 0 Å². The van der Waals surface area contributed by atoms with Gasteiger partial charge in [-0.2, -0.15) is 4.98 Å². The first-order valence-corrected chi connectivity index (χ1v) is 5.84. The number of nitrogens with zero attached hydrogens (tertiary/aromatic N) is 2. The third kappa shape index (κ3) is 3.93. The molecular weight excluding hydrogens is 221 g/mol. The van der Waals surface area contributed by atoms with Crippen LogP contribution in [0.25, 0.3) is 0 Å². The molecule has 0 aliphatic rings. The lowest BCUT2D eigenvalue weighted by molar-refractivity contribution is 0.155. The number of hydrogen-bond donors (Lipinski definition) is 1. The van der Waals surface area contributed by atoms with Gasteiger partial charge in [-0.3, -0.25) is 0 Å². The van der Waals surface area contributed by atoms with Gasteiger partial charge in [-0.05, 0) is 33.2 Å². The molecule has 0 aliphatic carbocycles. The SMILES string of the molecule is C=CC(CCCCN)c1noc(C(C)(C)F)n1. The molecule has 0 spiro atoms. The average Bonchev–Trinajstić information content (AvgIpc) is 2.73. The zero-order valence-corrected chi connectivity index (χ0v) is 10.4. The summed E-state index contributed by atoms with van der Waals surface area (Å²) in [7, 11) is 0. The molecule has 0 aromatic carbocycles. The summed E-state index contributed by atoms with van der Waals surface area (Å²) >= 11 is 0. The smallest absolute Gasteiger partial charge is 0.263 e. The van der Waals surface area contributed by atoms with Gasteiger partial charge in [0.2, 0.25) is 0 Å². The molecule has 96 valence electrons. The molecule has 0 amide bonds. The molecule has 4 nitrogen and oxygen atoms in total. The fourth-order valence-electron chi connectivity index (χ4n) is 1.49. The normalized spacial score (nSPS) is 13.6. The summed E-state index contributed by atoms with van der Waals surface area (Å²) in [5.41, 5.74) is 3.83. The van der Waals surface area contributed by atoms with E-state index in [1.165, 1.54) is 13.8 Å². The first kappa shape index (κ1) is 13.8. The molecule has 1 rings (SSSR count). The van der Waals surface area contributed by atoms with Gasteiger partial charge < -0.3 is 10.3 Å². The Hall–Kier alpha value is -1.23. The van der Waals surface area contributed by atoms with E-state index in [-0.39, 0.29) is 11.8 Å². The van der Waals surface area contributed by atoms with Gasteiger partial charge in [-0.25, -0.2) is 4.39 Å². The zero-order valence-electron chi connectivity index (χ0n) is 10.4. The highest BCUT2D eigenvalue weighted by molar-refractivity contribution is 5.06. The summed E-state index contributed by atoms with van der Waals surface area (Å²) in [6, 6.07) is 0. The number of rotatable bonds is 7. The Kier molecular flexibility index (Phi) is 4.81. The molecule has 0 fully saturated rings. The van der Waals surface area contributed by atoms with Crippen LogP contribution < -0.4 is 5.73 Å². The lowest BCUT2D eigenvalue weighted by Gasteiger charge is -2.07. The molecule has 1 heterocycles. The maximum Gasteiger partial charge on any atom is 0.263 e. The van der Waals surface area contributed by atoms with Gasteiger partial charge in [0.25, 0.3) is 5.89 Å². The van der Waals surface area contributed by atoms with Crippen LogP contribution in [0.5, 0.6) is 0 Å². The Labute approximate surface area is 101 Å². The highest BCUT2D eigenvalue weighted by atomic mass is 19.1. The summed E-state index contributed by atoms with van der Waals surface area (Å²) in [4.78, 5) is 4.08. The van der Waals surface area contributed by atoms with Crippen LogP contribution in [0.15, 0.2) is 17.2 Å². The van der Waals surface area contributed by atoms with Crippen molar-refractivity contribution in [3.8, 4) is 0 Å². The fraction of sp³-hybridized carbons (Fsp3) is 0.667. The molecule has 5 heteroatoms. The van der Waals surface area contributed by atoms with Crippen LogP contribution in [-0.4, -0.2) is 16.7 Å². The van der Waals surface area contributed by atoms with Crippen LogP contribution in [-0.2, 0) is 5.67 Å². The predicted octanol–water partition coefficient (Wildman–Crippen LogP) is 2.67. The number of unbranched alkanes of at least 4 members (excludes halogenated alkanes) is 1. The topological polar surface area (TPSA) is 64.9 Å². The van der Waals surface area contributed by atoms with Gasteiger partial charge in [0.1, 0.15) is 0 Å². The van der Waals surface area contributed by atoms with Gasteiger partial charge in [0.15, 0.2) is 11.5 Å². The van der Waals surface area contributed by atoms with E-state index in [1.54, 1.807) is 6.08 Å². The largest absolute Gasteiger partial charge is 0.336 e. The Bertz CT molecular complexity index is 357. The van der Waals surface area contributed by atoms with Gasteiger partial charge in [-0.15, -0.1) is 6.58 Å². The molecular formula is C12H20FN3O. The van der Waals surface area contributed by atoms with Crippen molar-refractivity contribution < 1.29 is 8.91 Å². The molecule has 2 N–H and O–H groups in total. The summed E-state index contributed by atoms with van der Waals surface area (Å²) in [5, 5.41) is 3.80. The Balaban J connectivity index is 2.69. The van der Waals surface area contributed by atoms with Crippen molar-refractivity contribution >= 4 is 0 Å². The van der Waals surface area contributed by atoms with Crippen LogP contribution in [0.1, 0.15) is 50.7 Å². The summed E-state index contributed by atoms with van der Waals surface area (Å²) < 4.78 is 18.5. The van der Waals surface area contributed by atoms with Crippen LogP contribution in [0.4, 0.5) is 4.39 Å². The highest BCUT2D eigenvalue weighted by Crippen LogP contribution is 2.26. The number of hydrogen-bond acceptors (Lipinski definition) is 4. The fourth-order valence-corrected chi connectivity index (χ4v) is 1.49. The van der Waals surface area contributed by atoms with Gasteiger partial charge in [-0.1, -0.05) is 17.7 Å². The highest BCUT2D eigenvalue weighted by Gasteiger charge is 2.27. The van der Waals surface area contributed by atoms with E-state index in [0.29, 0.717) is 12.4 Å². The van der Waals surface area contributed by atoms with Crippen molar-refractivity contribution in [1.82, 2.24) is 10.1 Å². The molecule has 1 aromatic rings. The molecule has 0 aliphatic heterocycles. The zero-order chi connectivity index (χ0) is 12.9. The Morgan fingerprint density at radius 1 is 1.53 bits per heavy atom. The minimum atomic E-state index is -1.60. The number of alkyl halides is 1. The molecule has 0 saturated heterocycles. The van der Waals surface area contributed by atoms with E-state index in [1.807, 2.05) is 0 Å². The Morgan fingerprint density at radius 2 is 2.24 bits per heavy atom. The van der Waals surface area contributed by atoms with E-state index in [9.17, 15) is 4.39 Å². The molecule has 1 aromatic heterocycles. The minimum Gasteiger partial charge on any atom is -0.336 e. The first-order valence-electron chi connectivity index (χ1n) is 5.84. The molecule has 0 bridgehead atoms. The maximum atomic E-state index is 13.6. The van der Waals surface area contributed by atoms with Crippen molar-refractivity contribution in [2.75, 3.05) is 6.54 Å². The van der Waals surface area contributed by atoms with Crippen molar-refractivity contribution in [1.29, 1.82) is 0 Å². The van der Waals surface area contributed by atoms with Gasteiger partial charge >= 0.3 is 0 Å². The van der Waals surface area contributed by atoms with Gasteiger partial charge in [0, 0.05) is 5.92 Å². The van der Waals surface area contributed by atoms with Crippen LogP contribution in [0, 0.1) is 0 Å². The number of allylic oxidation sites excluding steroid dienone is 1. The quantitative estimate of drug-likeness (QED) is 0.588. The average molecular weight is 241 g/mol. The summed E-state index contributed by atoms with van der Waals surface area (Å²) in [6.45, 7) is 7.19. The summed E-state index contributed by atoms with van der Waals surface area (Å²) in [5.74, 6) is 0.511. The van der Waals surface area contributed by atoms with Crippen molar-refractivity contribution in [2.45, 2.75) is 44.7 Å². The molecule has 17 heavy (non-hydrogen) atoms. The number of aromatic nitrogens is 2. The van der Waals surface area contributed by atoms with Crippen molar-refractivity contribution in [2.24, 2.45) is 5.73 Å². The number of nitrogens with two attached hydrogens (primary N) is 1. The van der Waals surface area contributed by atoms with E-state index in [4.69, 9.17) is 10.3 Å². The van der Waals surface area contributed by atoms with E-state index in [2.05, 4.69) is 16.7 Å². The second-order valence-corrected chi connectivity index (χ2v) is 4.56. The number of halogens is 1. The second-order valence-electron chi connectivity index (χ2n) is 4.56. The monoisotopic (exact) mass is 241 g/mol. The minimum absolute atomic E-state index is 0.00130. The Morgan fingerprint density at radius 3 is 2.71 bits per heavy atom. The summed E-state index contributed by atoms with van der Waals surface area (Å²) in [6.07, 6.45) is 4.53. The van der Waals surface area contributed by atoms with Crippen molar-refractivity contribution in [3.05, 3.63) is 24.4 Å². The van der Waals surface area contributed by atoms with Crippen LogP contribution in [0.2, 0.25) is 0 Å². The molecule has 1 unspecified atom stereocenters. The third-order valence-corrected chi connectivity index (χ3v) is 2.54. The second kappa shape index (κ2) is 5.91. The molecule has 0 radical (unpaired) electrons. The van der Waals surface area contributed by atoms with Crippen molar-refractivity contribution in [3.63, 3.8) is 0 Å². The third-order valence-electron chi connectivity index (χ3n) is 2.54. The van der Waals surface area contributed by atoms with Crippen LogP contribution in [0.3, 0.4) is 0 Å². The molecule has 1 atom stereocenters. The predicted molar refractivity (Wildman–Crippen MR) is 64.3 cm³/mol. The lowest BCUT2D eigenvalue weighted by atomic mass is 10.0. The van der Waals surface area contributed by atoms with E-state index < -0.39 is 5.67 Å². The lowest BCUT2D eigenvalue weighted by Crippen LogP contribution is -2.10. The first-order chi connectivity index (χ1) is 7.99. The maximum absolute atomic E-state index is 13.6. The van der Waals surface area contributed by atoms with E-state index in [0.717, 1.165) is 19.3 Å².